The second kappa shape index (κ2) is 5.87. The molecule has 1 aliphatic rings. The fourth-order valence-electron chi connectivity index (χ4n) is 2.61. The molecule has 0 atom stereocenters. The summed E-state index contributed by atoms with van der Waals surface area (Å²) < 4.78 is 0. The lowest BCUT2D eigenvalue weighted by Gasteiger charge is -2.29. The highest BCUT2D eigenvalue weighted by Crippen LogP contribution is 2.28. The van der Waals surface area contributed by atoms with Crippen LogP contribution in [0.2, 0.25) is 5.15 Å². The van der Waals surface area contributed by atoms with Crippen molar-refractivity contribution in [3.63, 3.8) is 0 Å². The van der Waals surface area contributed by atoms with Crippen molar-refractivity contribution < 1.29 is 0 Å². The molecule has 18 heavy (non-hydrogen) atoms. The number of aromatic nitrogens is 2. The van der Waals surface area contributed by atoms with Gasteiger partial charge in [-0.05, 0) is 26.7 Å². The molecule has 1 aliphatic carbocycles. The molecule has 1 aromatic rings. The third-order valence-electron chi connectivity index (χ3n) is 3.95. The number of nitrogens with zero attached hydrogens (tertiary/aromatic N) is 3. The molecule has 100 valence electrons. The smallest absolute Gasteiger partial charge is 0.171 e. The van der Waals surface area contributed by atoms with Crippen LogP contribution in [-0.4, -0.2) is 23.1 Å². The summed E-state index contributed by atoms with van der Waals surface area (Å²) in [6, 6.07) is 0.557. The molecule has 0 bridgehead atoms. The van der Waals surface area contributed by atoms with Crippen LogP contribution in [0.25, 0.3) is 0 Å². The summed E-state index contributed by atoms with van der Waals surface area (Å²) in [6.45, 7) is 3.94. The molecule has 3 nitrogen and oxygen atoms in total. The van der Waals surface area contributed by atoms with E-state index in [-0.39, 0.29) is 0 Å². The predicted octanol–water partition coefficient (Wildman–Crippen LogP) is 3.91. The Labute approximate surface area is 115 Å². The quantitative estimate of drug-likeness (QED) is 0.761. The predicted molar refractivity (Wildman–Crippen MR) is 76.4 cm³/mol. The topological polar surface area (TPSA) is 29.0 Å². The van der Waals surface area contributed by atoms with Crippen LogP contribution in [-0.2, 0) is 0 Å². The molecule has 1 fully saturated rings. The maximum atomic E-state index is 6.24. The fourth-order valence-corrected chi connectivity index (χ4v) is 2.91. The molecule has 2 rings (SSSR count). The van der Waals surface area contributed by atoms with Crippen molar-refractivity contribution in [3.8, 4) is 0 Å². The molecule has 0 radical (unpaired) electrons. The Kier molecular flexibility index (Phi) is 4.44. The molecule has 0 spiro atoms. The van der Waals surface area contributed by atoms with Crippen LogP contribution >= 0.6 is 11.6 Å². The van der Waals surface area contributed by atoms with E-state index in [0.717, 1.165) is 17.2 Å². The van der Waals surface area contributed by atoms with Crippen molar-refractivity contribution >= 4 is 17.4 Å². The monoisotopic (exact) mass is 267 g/mol. The molecule has 4 heteroatoms. The minimum atomic E-state index is 0.532. The zero-order valence-electron chi connectivity index (χ0n) is 11.5. The van der Waals surface area contributed by atoms with Crippen molar-refractivity contribution in [3.05, 3.63) is 16.5 Å². The second-order valence-electron chi connectivity index (χ2n) is 5.27. The summed E-state index contributed by atoms with van der Waals surface area (Å²) in [5.41, 5.74) is 1.88. The lowest BCUT2D eigenvalue weighted by molar-refractivity contribution is 0.548. The summed E-state index contributed by atoms with van der Waals surface area (Å²) in [7, 11) is 2.10. The van der Waals surface area contributed by atoms with E-state index < -0.39 is 0 Å². The van der Waals surface area contributed by atoms with Gasteiger partial charge in [0.15, 0.2) is 11.0 Å². The van der Waals surface area contributed by atoms with Gasteiger partial charge in [0.1, 0.15) is 0 Å². The largest absolute Gasteiger partial charge is 0.354 e. The Bertz CT molecular complexity index is 412. The summed E-state index contributed by atoms with van der Waals surface area (Å²) in [4.78, 5) is 11.2. The first-order valence-corrected chi connectivity index (χ1v) is 7.21. The Balaban J connectivity index is 2.21. The normalized spacial score (nSPS) is 17.6. The van der Waals surface area contributed by atoms with Gasteiger partial charge in [0, 0.05) is 13.1 Å². The molecular formula is C14H22ClN3. The van der Waals surface area contributed by atoms with E-state index in [2.05, 4.69) is 21.9 Å². The van der Waals surface area contributed by atoms with Gasteiger partial charge in [-0.3, -0.25) is 0 Å². The lowest BCUT2D eigenvalue weighted by atomic mass is 10.1. The molecule has 0 unspecified atom stereocenters. The average molecular weight is 268 g/mol. The first-order chi connectivity index (χ1) is 8.59. The number of rotatable bonds is 2. The van der Waals surface area contributed by atoms with E-state index in [0.29, 0.717) is 11.2 Å². The molecule has 1 heterocycles. The van der Waals surface area contributed by atoms with E-state index >= 15 is 0 Å². The molecule has 0 aromatic carbocycles. The van der Waals surface area contributed by atoms with Crippen molar-refractivity contribution in [1.82, 2.24) is 9.97 Å². The average Bonchev–Trinajstić information content (AvgIpc) is 2.61. The molecule has 0 saturated heterocycles. The number of hydrogen-bond donors (Lipinski definition) is 0. The third kappa shape index (κ3) is 2.94. The number of anilines is 1. The highest BCUT2D eigenvalue weighted by Gasteiger charge is 2.21. The van der Waals surface area contributed by atoms with Gasteiger partial charge in [-0.15, -0.1) is 0 Å². The molecule has 1 aromatic heterocycles. The number of hydrogen-bond acceptors (Lipinski definition) is 3. The van der Waals surface area contributed by atoms with Gasteiger partial charge in [-0.25, -0.2) is 9.97 Å². The standard InChI is InChI=1S/C14H22ClN3/c1-10-11(2)17-14(13(15)16-10)18(3)12-8-6-4-5-7-9-12/h12H,4-9H2,1-3H3. The van der Waals surface area contributed by atoms with Crippen LogP contribution in [0.5, 0.6) is 0 Å². The van der Waals surface area contributed by atoms with Gasteiger partial charge >= 0.3 is 0 Å². The van der Waals surface area contributed by atoms with Gasteiger partial charge in [-0.2, -0.15) is 0 Å². The SMILES string of the molecule is Cc1nc(Cl)c(N(C)C2CCCCCC2)nc1C. The zero-order valence-corrected chi connectivity index (χ0v) is 12.3. The maximum Gasteiger partial charge on any atom is 0.171 e. The van der Waals surface area contributed by atoms with Crippen LogP contribution in [0.1, 0.15) is 49.9 Å². The molecule has 0 amide bonds. The number of halogens is 1. The third-order valence-corrected chi connectivity index (χ3v) is 4.21. The van der Waals surface area contributed by atoms with E-state index in [4.69, 9.17) is 11.6 Å². The molecular weight excluding hydrogens is 246 g/mol. The molecule has 1 saturated carbocycles. The van der Waals surface area contributed by atoms with Crippen molar-refractivity contribution in [1.29, 1.82) is 0 Å². The van der Waals surface area contributed by atoms with E-state index in [1.165, 1.54) is 38.5 Å². The van der Waals surface area contributed by atoms with Gasteiger partial charge in [0.25, 0.3) is 0 Å². The fraction of sp³-hybridized carbons (Fsp3) is 0.714. The van der Waals surface area contributed by atoms with Crippen LogP contribution in [0.4, 0.5) is 5.82 Å². The van der Waals surface area contributed by atoms with Crippen LogP contribution < -0.4 is 4.90 Å². The Morgan fingerprint density at radius 3 is 2.17 bits per heavy atom. The van der Waals surface area contributed by atoms with Crippen molar-refractivity contribution in [2.24, 2.45) is 0 Å². The highest BCUT2D eigenvalue weighted by atomic mass is 35.5. The van der Waals surface area contributed by atoms with Crippen LogP contribution in [0, 0.1) is 13.8 Å². The lowest BCUT2D eigenvalue weighted by Crippen LogP contribution is -2.32. The molecule has 0 aliphatic heterocycles. The Morgan fingerprint density at radius 2 is 1.56 bits per heavy atom. The highest BCUT2D eigenvalue weighted by molar-refractivity contribution is 6.31. The van der Waals surface area contributed by atoms with Crippen LogP contribution in [0.3, 0.4) is 0 Å². The Hall–Kier alpha value is -0.830. The summed E-state index contributed by atoms with van der Waals surface area (Å²) >= 11 is 6.24. The summed E-state index contributed by atoms with van der Waals surface area (Å²) in [5, 5.41) is 0.532. The van der Waals surface area contributed by atoms with Gasteiger partial charge < -0.3 is 4.90 Å². The van der Waals surface area contributed by atoms with Gasteiger partial charge in [-0.1, -0.05) is 37.3 Å². The maximum absolute atomic E-state index is 6.24. The first-order valence-electron chi connectivity index (χ1n) is 6.83. The summed E-state index contributed by atoms with van der Waals surface area (Å²) in [6.07, 6.45) is 7.81. The summed E-state index contributed by atoms with van der Waals surface area (Å²) in [5.74, 6) is 0.840. The first kappa shape index (κ1) is 13.6. The minimum absolute atomic E-state index is 0.532. The van der Waals surface area contributed by atoms with Crippen molar-refractivity contribution in [2.75, 3.05) is 11.9 Å². The van der Waals surface area contributed by atoms with Gasteiger partial charge in [0.2, 0.25) is 0 Å². The zero-order chi connectivity index (χ0) is 13.1. The second-order valence-corrected chi connectivity index (χ2v) is 5.62. The van der Waals surface area contributed by atoms with E-state index in [1.54, 1.807) is 0 Å². The number of aryl methyl sites for hydroxylation is 2. The Morgan fingerprint density at radius 1 is 1.00 bits per heavy atom. The molecule has 0 N–H and O–H groups in total. The van der Waals surface area contributed by atoms with Crippen LogP contribution in [0.15, 0.2) is 0 Å². The minimum Gasteiger partial charge on any atom is -0.354 e. The van der Waals surface area contributed by atoms with E-state index in [1.807, 2.05) is 13.8 Å². The van der Waals surface area contributed by atoms with Crippen molar-refractivity contribution in [2.45, 2.75) is 58.4 Å². The van der Waals surface area contributed by atoms with Gasteiger partial charge in [0.05, 0.1) is 11.4 Å². The van der Waals surface area contributed by atoms with E-state index in [9.17, 15) is 0 Å².